The summed E-state index contributed by atoms with van der Waals surface area (Å²) in [6, 6.07) is 10.9. The molecule has 0 spiro atoms. The van der Waals surface area contributed by atoms with Crippen LogP contribution in [0.4, 0.5) is 10.1 Å². The monoisotopic (exact) mass is 336 g/mol. The van der Waals surface area contributed by atoms with Crippen LogP contribution in [0.25, 0.3) is 22.6 Å². The van der Waals surface area contributed by atoms with Crippen LogP contribution in [-0.2, 0) is 0 Å². The number of halogens is 1. The lowest BCUT2D eigenvalue weighted by Gasteiger charge is -2.01. The number of nitrogens with zero attached hydrogens (tertiary/aromatic N) is 2. The van der Waals surface area contributed by atoms with E-state index in [1.807, 2.05) is 6.07 Å². The molecule has 0 aliphatic rings. The maximum Gasteiger partial charge on any atom is 0.269 e. The van der Waals surface area contributed by atoms with Crippen molar-refractivity contribution in [1.82, 2.24) is 0 Å². The van der Waals surface area contributed by atoms with E-state index >= 15 is 0 Å². The van der Waals surface area contributed by atoms with Gasteiger partial charge in [-0.3, -0.25) is 14.9 Å². The highest BCUT2D eigenvalue weighted by Gasteiger charge is 2.10. The summed E-state index contributed by atoms with van der Waals surface area (Å²) in [6.45, 7) is 0. The van der Waals surface area contributed by atoms with Gasteiger partial charge >= 0.3 is 0 Å². The van der Waals surface area contributed by atoms with Gasteiger partial charge in [-0.1, -0.05) is 0 Å². The van der Waals surface area contributed by atoms with Gasteiger partial charge in [0.05, 0.1) is 27.5 Å². The van der Waals surface area contributed by atoms with Crippen LogP contribution in [-0.4, -0.2) is 4.92 Å². The summed E-state index contributed by atoms with van der Waals surface area (Å²) in [7, 11) is 0. The van der Waals surface area contributed by atoms with Crippen molar-refractivity contribution in [1.29, 1.82) is 5.26 Å². The number of rotatable bonds is 3. The number of nitro benzene ring substituents is 1. The summed E-state index contributed by atoms with van der Waals surface area (Å²) < 4.78 is 18.6. The van der Waals surface area contributed by atoms with Gasteiger partial charge in [0.15, 0.2) is 5.43 Å². The first kappa shape index (κ1) is 16.1. The maximum atomic E-state index is 13.3. The van der Waals surface area contributed by atoms with Crippen molar-refractivity contribution >= 4 is 28.3 Å². The van der Waals surface area contributed by atoms with Crippen LogP contribution < -0.4 is 5.43 Å². The molecule has 0 saturated heterocycles. The number of nitriles is 1. The molecule has 1 aromatic heterocycles. The summed E-state index contributed by atoms with van der Waals surface area (Å²) in [6.07, 6.45) is 2.49. The molecular weight excluding hydrogens is 327 g/mol. The largest absolute Gasteiger partial charge is 0.463 e. The van der Waals surface area contributed by atoms with E-state index in [2.05, 4.69) is 0 Å². The quantitative estimate of drug-likeness (QED) is 0.410. The van der Waals surface area contributed by atoms with Gasteiger partial charge < -0.3 is 4.42 Å². The van der Waals surface area contributed by atoms with Crippen molar-refractivity contribution in [2.45, 2.75) is 0 Å². The van der Waals surface area contributed by atoms with Crippen molar-refractivity contribution in [2.75, 3.05) is 0 Å². The first-order valence-electron chi connectivity index (χ1n) is 7.07. The van der Waals surface area contributed by atoms with Gasteiger partial charge in [0, 0.05) is 12.1 Å². The second-order valence-corrected chi connectivity index (χ2v) is 5.13. The molecule has 0 N–H and O–H groups in total. The Balaban J connectivity index is 2.10. The Hall–Kier alpha value is -3.79. The molecule has 0 atom stereocenters. The van der Waals surface area contributed by atoms with Crippen molar-refractivity contribution in [3.05, 3.63) is 86.0 Å². The zero-order valence-electron chi connectivity index (χ0n) is 12.6. The van der Waals surface area contributed by atoms with E-state index in [0.717, 1.165) is 6.07 Å². The van der Waals surface area contributed by atoms with E-state index in [-0.39, 0.29) is 27.8 Å². The van der Waals surface area contributed by atoms with Crippen LogP contribution in [0.5, 0.6) is 0 Å². The molecular formula is C18H9FN2O4. The van der Waals surface area contributed by atoms with E-state index in [9.17, 15) is 24.6 Å². The minimum atomic E-state index is -0.572. The molecule has 0 unspecified atom stereocenters. The average molecular weight is 336 g/mol. The summed E-state index contributed by atoms with van der Waals surface area (Å²) >= 11 is 0. The summed E-state index contributed by atoms with van der Waals surface area (Å²) in [5.41, 5.74) is 0.257. The lowest BCUT2D eigenvalue weighted by molar-refractivity contribution is -0.384. The third-order valence-corrected chi connectivity index (χ3v) is 3.57. The normalized spacial score (nSPS) is 11.3. The Bertz CT molecular complexity index is 1110. The molecule has 0 aliphatic heterocycles. The zero-order valence-corrected chi connectivity index (χ0v) is 12.6. The van der Waals surface area contributed by atoms with E-state index in [0.29, 0.717) is 5.56 Å². The third kappa shape index (κ3) is 3.14. The van der Waals surface area contributed by atoms with Gasteiger partial charge in [-0.05, 0) is 42.0 Å². The molecule has 0 fully saturated rings. The molecule has 0 radical (unpaired) electrons. The number of allylic oxidation sites excluding steroid dienone is 1. The molecule has 2 aromatic carbocycles. The van der Waals surface area contributed by atoms with E-state index in [4.69, 9.17) is 4.42 Å². The standard InChI is InChI=1S/C18H9FN2O4/c19-14-3-6-17-16(8-14)18(22)13(10-25-17)7-12(9-20)11-1-4-15(5-2-11)21(23)24/h1-8,10H/b12-7+. The fourth-order valence-corrected chi connectivity index (χ4v) is 2.32. The fraction of sp³-hybridized carbons (Fsp3) is 0. The highest BCUT2D eigenvalue weighted by atomic mass is 19.1. The van der Waals surface area contributed by atoms with Crippen molar-refractivity contribution in [2.24, 2.45) is 0 Å². The molecule has 122 valence electrons. The Morgan fingerprint density at radius 3 is 2.60 bits per heavy atom. The molecule has 0 aliphatic carbocycles. The van der Waals surface area contributed by atoms with Crippen molar-refractivity contribution < 1.29 is 13.7 Å². The van der Waals surface area contributed by atoms with Crippen LogP contribution >= 0.6 is 0 Å². The average Bonchev–Trinajstić information content (AvgIpc) is 2.62. The van der Waals surface area contributed by atoms with Crippen LogP contribution in [0.3, 0.4) is 0 Å². The molecule has 1 heterocycles. The molecule has 7 heteroatoms. The van der Waals surface area contributed by atoms with Gasteiger partial charge in [0.25, 0.3) is 5.69 Å². The van der Waals surface area contributed by atoms with Gasteiger partial charge in [0.2, 0.25) is 0 Å². The summed E-state index contributed by atoms with van der Waals surface area (Å²) in [4.78, 5) is 22.6. The smallest absolute Gasteiger partial charge is 0.269 e. The number of benzene rings is 2. The second-order valence-electron chi connectivity index (χ2n) is 5.13. The summed E-state index contributed by atoms with van der Waals surface area (Å²) in [5.74, 6) is -0.572. The molecule has 3 rings (SSSR count). The SMILES string of the molecule is N#C/C(=C\c1coc2ccc(F)cc2c1=O)c1ccc([N+](=O)[O-])cc1. The zero-order chi connectivity index (χ0) is 18.0. The summed E-state index contributed by atoms with van der Waals surface area (Å²) in [5, 5.41) is 20.1. The highest BCUT2D eigenvalue weighted by Crippen LogP contribution is 2.21. The van der Waals surface area contributed by atoms with Gasteiger partial charge in [-0.2, -0.15) is 5.26 Å². The minimum absolute atomic E-state index is 0.0646. The Morgan fingerprint density at radius 2 is 1.96 bits per heavy atom. The Morgan fingerprint density at radius 1 is 1.24 bits per heavy atom. The lowest BCUT2D eigenvalue weighted by atomic mass is 10.0. The lowest BCUT2D eigenvalue weighted by Crippen LogP contribution is -2.05. The van der Waals surface area contributed by atoms with Crippen LogP contribution in [0.1, 0.15) is 11.1 Å². The molecule has 0 amide bonds. The van der Waals surface area contributed by atoms with Gasteiger partial charge in [-0.25, -0.2) is 4.39 Å². The molecule has 0 bridgehead atoms. The van der Waals surface area contributed by atoms with Gasteiger partial charge in [-0.15, -0.1) is 0 Å². The Labute approximate surface area is 140 Å². The predicted octanol–water partition coefficient (Wildman–Crippen LogP) is 3.90. The van der Waals surface area contributed by atoms with Crippen molar-refractivity contribution in [3.63, 3.8) is 0 Å². The number of hydrogen-bond acceptors (Lipinski definition) is 5. The fourth-order valence-electron chi connectivity index (χ4n) is 2.32. The Kier molecular flexibility index (Phi) is 4.10. The molecule has 3 aromatic rings. The number of nitro groups is 1. The van der Waals surface area contributed by atoms with Crippen LogP contribution in [0.2, 0.25) is 0 Å². The highest BCUT2D eigenvalue weighted by molar-refractivity contribution is 5.91. The van der Waals surface area contributed by atoms with Crippen LogP contribution in [0.15, 0.2) is 57.9 Å². The van der Waals surface area contributed by atoms with E-state index < -0.39 is 16.2 Å². The maximum absolute atomic E-state index is 13.3. The first-order chi connectivity index (χ1) is 12.0. The van der Waals surface area contributed by atoms with E-state index in [1.165, 1.54) is 48.7 Å². The number of hydrogen-bond donors (Lipinski definition) is 0. The molecule has 25 heavy (non-hydrogen) atoms. The topological polar surface area (TPSA) is 97.1 Å². The molecule has 0 saturated carbocycles. The number of fused-ring (bicyclic) bond motifs is 1. The second kappa shape index (κ2) is 6.37. The third-order valence-electron chi connectivity index (χ3n) is 3.57. The van der Waals surface area contributed by atoms with Crippen LogP contribution in [0, 0.1) is 27.3 Å². The van der Waals surface area contributed by atoms with E-state index in [1.54, 1.807) is 0 Å². The van der Waals surface area contributed by atoms with Crippen molar-refractivity contribution in [3.8, 4) is 6.07 Å². The molecule has 6 nitrogen and oxygen atoms in total. The van der Waals surface area contributed by atoms with Gasteiger partial charge in [0.1, 0.15) is 17.7 Å². The minimum Gasteiger partial charge on any atom is -0.463 e. The number of non-ortho nitro benzene ring substituents is 1. The predicted molar refractivity (Wildman–Crippen MR) is 89.0 cm³/mol. The first-order valence-corrected chi connectivity index (χ1v) is 7.07.